The lowest BCUT2D eigenvalue weighted by molar-refractivity contribution is -0.114. The van der Waals surface area contributed by atoms with Crippen LogP contribution >= 0.6 is 0 Å². The van der Waals surface area contributed by atoms with Crippen molar-refractivity contribution in [1.29, 1.82) is 0 Å². The zero-order valence-electron chi connectivity index (χ0n) is 19.0. The van der Waals surface area contributed by atoms with Crippen molar-refractivity contribution in [3.05, 3.63) is 47.4 Å². The minimum Gasteiger partial charge on any atom is -0.378 e. The monoisotopic (exact) mass is 435 g/mol. The van der Waals surface area contributed by atoms with Gasteiger partial charge in [0.15, 0.2) is 0 Å². The van der Waals surface area contributed by atoms with Gasteiger partial charge in [-0.1, -0.05) is 0 Å². The number of hydrogen-bond acceptors (Lipinski definition) is 6. The van der Waals surface area contributed by atoms with Gasteiger partial charge in [-0.25, -0.2) is 9.97 Å². The van der Waals surface area contributed by atoms with Crippen molar-refractivity contribution in [1.82, 2.24) is 19.4 Å². The first-order valence-corrected chi connectivity index (χ1v) is 11.0. The number of hydrogen-bond donors (Lipinski definition) is 1. The molecule has 1 N–H and O–H groups in total. The van der Waals surface area contributed by atoms with Crippen LogP contribution in [0.4, 0.5) is 5.82 Å². The maximum absolute atomic E-state index is 11.6. The number of carbonyl (C=O) groups excluding carboxylic acids is 1. The van der Waals surface area contributed by atoms with Crippen molar-refractivity contribution in [3.8, 4) is 5.82 Å². The average Bonchev–Trinajstić information content (AvgIpc) is 3.36. The van der Waals surface area contributed by atoms with E-state index in [-0.39, 0.29) is 5.91 Å². The molecule has 8 heteroatoms. The van der Waals surface area contributed by atoms with Gasteiger partial charge in [-0.15, -0.1) is 0 Å². The van der Waals surface area contributed by atoms with Gasteiger partial charge in [-0.05, 0) is 37.2 Å². The maximum atomic E-state index is 11.6. The zero-order valence-corrected chi connectivity index (χ0v) is 19.0. The molecule has 2 saturated heterocycles. The van der Waals surface area contributed by atoms with Gasteiger partial charge in [0.1, 0.15) is 17.2 Å². The van der Waals surface area contributed by atoms with Crippen LogP contribution in [0.1, 0.15) is 36.1 Å². The second-order valence-corrected chi connectivity index (χ2v) is 9.03. The molecule has 0 spiro atoms. The van der Waals surface area contributed by atoms with E-state index in [0.717, 1.165) is 47.5 Å². The molecule has 3 aromatic rings. The van der Waals surface area contributed by atoms with Gasteiger partial charge in [0.05, 0.1) is 17.8 Å². The third kappa shape index (κ3) is 3.58. The average molecular weight is 436 g/mol. The minimum absolute atomic E-state index is 0.143. The minimum atomic E-state index is -0.522. The molecule has 0 radical (unpaired) electrons. The molecule has 0 aliphatic carbocycles. The molecule has 1 amide bonds. The molecular formula is C24H29N5O3. The number of nitrogens with zero attached hydrogens (tertiary/aromatic N) is 4. The van der Waals surface area contributed by atoms with Crippen molar-refractivity contribution >= 4 is 22.6 Å². The largest absolute Gasteiger partial charge is 0.378 e. The lowest BCUT2D eigenvalue weighted by Gasteiger charge is -2.36. The third-order valence-corrected chi connectivity index (χ3v) is 6.57. The second-order valence-electron chi connectivity index (χ2n) is 9.03. The van der Waals surface area contributed by atoms with Crippen molar-refractivity contribution in [2.45, 2.75) is 31.8 Å². The van der Waals surface area contributed by atoms with E-state index in [1.54, 1.807) is 7.11 Å². The first-order valence-electron chi connectivity index (χ1n) is 11.0. The van der Waals surface area contributed by atoms with E-state index in [4.69, 9.17) is 14.5 Å². The molecule has 2 aliphatic rings. The first kappa shape index (κ1) is 21.1. The molecular weight excluding hydrogens is 406 g/mol. The molecule has 1 atom stereocenters. The Balaban J connectivity index is 1.66. The lowest BCUT2D eigenvalue weighted by atomic mass is 9.92. The first-order chi connectivity index (χ1) is 15.4. The van der Waals surface area contributed by atoms with Crippen molar-refractivity contribution < 1.29 is 14.3 Å². The molecule has 2 fully saturated rings. The Bertz CT molecular complexity index is 1180. The number of aromatic nitrogens is 3. The number of aryl methyl sites for hydroxylation is 1. The van der Waals surface area contributed by atoms with Crippen LogP contribution in [0.25, 0.3) is 16.7 Å². The fourth-order valence-corrected chi connectivity index (χ4v) is 4.82. The molecule has 5 rings (SSSR count). The third-order valence-electron chi connectivity index (χ3n) is 6.57. The predicted octanol–water partition coefficient (Wildman–Crippen LogP) is 2.98. The Labute approximate surface area is 187 Å². The summed E-state index contributed by atoms with van der Waals surface area (Å²) < 4.78 is 13.7. The fourth-order valence-electron chi connectivity index (χ4n) is 4.82. The predicted molar refractivity (Wildman–Crippen MR) is 122 cm³/mol. The van der Waals surface area contributed by atoms with E-state index in [2.05, 4.69) is 52.1 Å². The SMILES string of the molecule is COC1(c2cc(C)cc(-n3cc(C4CN(C)C4)c4cnc(NC(C)=O)cc43)n2)CCOC1. The van der Waals surface area contributed by atoms with Gasteiger partial charge in [0.25, 0.3) is 0 Å². The summed E-state index contributed by atoms with van der Waals surface area (Å²) in [5.41, 5.74) is 3.71. The summed E-state index contributed by atoms with van der Waals surface area (Å²) in [6.45, 7) is 6.76. The Kier molecular flexibility index (Phi) is 5.23. The molecule has 5 heterocycles. The van der Waals surface area contributed by atoms with E-state index >= 15 is 0 Å². The number of carbonyl (C=O) groups is 1. The Hall–Kier alpha value is -2.81. The van der Waals surface area contributed by atoms with Crippen molar-refractivity contribution in [2.24, 2.45) is 0 Å². The summed E-state index contributed by atoms with van der Waals surface area (Å²) in [7, 11) is 3.85. The summed E-state index contributed by atoms with van der Waals surface area (Å²) >= 11 is 0. The standard InChI is InChI=1S/C24H29N5O3/c1-15-7-21(24(31-4)5-6-32-14-24)27-23(8-15)29-13-19(17-11-28(3)12-17)18-10-25-22(9-20(18)29)26-16(2)30/h7-10,13,17H,5-6,11-12,14H2,1-4H3,(H,25,26,30). The number of nitrogens with one attached hydrogen (secondary N) is 1. The van der Waals surface area contributed by atoms with Crippen LogP contribution in [0.5, 0.6) is 0 Å². The van der Waals surface area contributed by atoms with Crippen molar-refractivity contribution in [3.63, 3.8) is 0 Å². The van der Waals surface area contributed by atoms with E-state index in [1.807, 2.05) is 12.3 Å². The zero-order chi connectivity index (χ0) is 22.5. The normalized spacial score (nSPS) is 21.8. The summed E-state index contributed by atoms with van der Waals surface area (Å²) in [5.74, 6) is 1.67. The van der Waals surface area contributed by atoms with Gasteiger partial charge >= 0.3 is 0 Å². The number of likely N-dealkylation sites (tertiary alicyclic amines) is 1. The molecule has 1 unspecified atom stereocenters. The topological polar surface area (TPSA) is 81.5 Å². The van der Waals surface area contributed by atoms with Gasteiger partial charge in [0.2, 0.25) is 5.91 Å². The van der Waals surface area contributed by atoms with E-state index in [1.165, 1.54) is 12.5 Å². The number of pyridine rings is 2. The smallest absolute Gasteiger partial charge is 0.222 e. The van der Waals surface area contributed by atoms with E-state index in [9.17, 15) is 4.79 Å². The summed E-state index contributed by atoms with van der Waals surface area (Å²) in [5, 5.41) is 3.89. The number of ether oxygens (including phenoxy) is 2. The second kappa shape index (κ2) is 7.95. The van der Waals surface area contributed by atoms with Gasteiger partial charge in [0, 0.05) is 69.9 Å². The molecule has 3 aromatic heterocycles. The Morgan fingerprint density at radius 2 is 2.12 bits per heavy atom. The van der Waals surface area contributed by atoms with Crippen LogP contribution in [0, 0.1) is 6.92 Å². The maximum Gasteiger partial charge on any atom is 0.222 e. The van der Waals surface area contributed by atoms with Crippen LogP contribution < -0.4 is 5.32 Å². The summed E-state index contributed by atoms with van der Waals surface area (Å²) in [6, 6.07) is 6.09. The van der Waals surface area contributed by atoms with Crippen LogP contribution in [-0.4, -0.2) is 65.8 Å². The van der Waals surface area contributed by atoms with Crippen LogP contribution in [0.2, 0.25) is 0 Å². The highest BCUT2D eigenvalue weighted by atomic mass is 16.5. The number of anilines is 1. The number of rotatable bonds is 5. The molecule has 0 bridgehead atoms. The Morgan fingerprint density at radius 1 is 1.31 bits per heavy atom. The highest BCUT2D eigenvalue weighted by Gasteiger charge is 2.39. The van der Waals surface area contributed by atoms with Crippen LogP contribution in [-0.2, 0) is 19.9 Å². The van der Waals surface area contributed by atoms with Gasteiger partial charge in [-0.2, -0.15) is 0 Å². The molecule has 2 aliphatic heterocycles. The molecule has 0 aromatic carbocycles. The quantitative estimate of drug-likeness (QED) is 0.664. The fraction of sp³-hybridized carbons (Fsp3) is 0.458. The number of amides is 1. The van der Waals surface area contributed by atoms with E-state index in [0.29, 0.717) is 24.9 Å². The van der Waals surface area contributed by atoms with Crippen LogP contribution in [0.15, 0.2) is 30.6 Å². The number of fused-ring (bicyclic) bond motifs is 1. The molecule has 168 valence electrons. The summed E-state index contributed by atoms with van der Waals surface area (Å²) in [6.07, 6.45) is 4.82. The number of methoxy groups -OCH3 is 1. The highest BCUT2D eigenvalue weighted by Crippen LogP contribution is 2.37. The summed E-state index contributed by atoms with van der Waals surface area (Å²) in [4.78, 5) is 23.4. The molecule has 8 nitrogen and oxygen atoms in total. The highest BCUT2D eigenvalue weighted by molar-refractivity contribution is 5.92. The van der Waals surface area contributed by atoms with Gasteiger partial charge in [-0.3, -0.25) is 4.79 Å². The molecule has 0 saturated carbocycles. The van der Waals surface area contributed by atoms with Crippen LogP contribution in [0.3, 0.4) is 0 Å². The van der Waals surface area contributed by atoms with E-state index < -0.39 is 5.60 Å². The number of likely N-dealkylation sites (N-methyl/N-ethyl adjacent to an activating group) is 1. The lowest BCUT2D eigenvalue weighted by Crippen LogP contribution is -2.41. The van der Waals surface area contributed by atoms with Crippen molar-refractivity contribution in [2.75, 3.05) is 45.8 Å². The Morgan fingerprint density at radius 3 is 2.78 bits per heavy atom. The van der Waals surface area contributed by atoms with Gasteiger partial charge < -0.3 is 24.3 Å². The molecule has 32 heavy (non-hydrogen) atoms.